The number of aromatic nitrogens is 1. The lowest BCUT2D eigenvalue weighted by Crippen LogP contribution is -2.12. The number of pyridine rings is 1. The van der Waals surface area contributed by atoms with Gasteiger partial charge in [-0.15, -0.1) is 0 Å². The fraction of sp³-hybridized carbons (Fsp3) is 0.333. The predicted octanol–water partition coefficient (Wildman–Crippen LogP) is 2.22. The third-order valence-corrected chi connectivity index (χ3v) is 2.11. The van der Waals surface area contributed by atoms with E-state index in [1.807, 2.05) is 0 Å². The Bertz CT molecular complexity index is 500. The summed E-state index contributed by atoms with van der Waals surface area (Å²) in [6.07, 6.45) is -2.71. The first-order valence-electron chi connectivity index (χ1n) is 5.45. The quantitative estimate of drug-likeness (QED) is 0.643. The van der Waals surface area contributed by atoms with Gasteiger partial charge < -0.3 is 14.6 Å². The van der Waals surface area contributed by atoms with Crippen LogP contribution in [0.3, 0.4) is 0 Å². The Hall–Kier alpha value is -2.09. The molecule has 0 aliphatic carbocycles. The molecule has 1 N–H and O–H groups in total. The summed E-state index contributed by atoms with van der Waals surface area (Å²) in [6, 6.07) is 1.85. The molecule has 0 atom stereocenters. The number of hydrogen-bond acceptors (Lipinski definition) is 4. The molecule has 0 amide bonds. The molecule has 1 aromatic rings. The van der Waals surface area contributed by atoms with Gasteiger partial charge >= 0.3 is 12.1 Å². The number of methoxy groups -OCH3 is 1. The minimum absolute atomic E-state index is 0.00127. The van der Waals surface area contributed by atoms with E-state index < -0.39 is 17.8 Å². The highest BCUT2D eigenvalue weighted by Gasteiger charge is 2.33. The van der Waals surface area contributed by atoms with Crippen molar-refractivity contribution in [1.29, 1.82) is 0 Å². The summed E-state index contributed by atoms with van der Waals surface area (Å²) in [4.78, 5) is 13.8. The number of hydrogen-bond donors (Lipinski definition) is 1. The molecule has 0 unspecified atom stereocenters. The van der Waals surface area contributed by atoms with E-state index >= 15 is 0 Å². The van der Waals surface area contributed by atoms with E-state index in [0.717, 1.165) is 24.3 Å². The summed E-state index contributed by atoms with van der Waals surface area (Å²) in [7, 11) is 1.41. The van der Waals surface area contributed by atoms with Crippen LogP contribution in [0.25, 0.3) is 6.08 Å². The van der Waals surface area contributed by atoms with Crippen LogP contribution < -0.4 is 4.74 Å². The zero-order valence-corrected chi connectivity index (χ0v) is 10.5. The van der Waals surface area contributed by atoms with Crippen molar-refractivity contribution in [2.75, 3.05) is 20.3 Å². The molecule has 0 aliphatic heterocycles. The minimum atomic E-state index is -4.60. The summed E-state index contributed by atoms with van der Waals surface area (Å²) in [5, 5.41) is 8.52. The van der Waals surface area contributed by atoms with Crippen LogP contribution in [0.4, 0.5) is 13.2 Å². The molecule has 0 aromatic carbocycles. The van der Waals surface area contributed by atoms with Crippen LogP contribution in [0, 0.1) is 0 Å². The zero-order chi connectivity index (χ0) is 15.2. The van der Waals surface area contributed by atoms with E-state index in [1.54, 1.807) is 0 Å². The first-order valence-corrected chi connectivity index (χ1v) is 5.45. The molecule has 0 saturated carbocycles. The number of halogens is 3. The number of carboxylic acid groups (broad SMARTS) is 1. The lowest BCUT2D eigenvalue weighted by Gasteiger charge is -2.11. The molecule has 1 aromatic heterocycles. The van der Waals surface area contributed by atoms with Gasteiger partial charge in [0.25, 0.3) is 0 Å². The molecular weight excluding hydrogens is 279 g/mol. The third-order valence-electron chi connectivity index (χ3n) is 2.11. The standard InChI is InChI=1S/C12H12F3NO4/c1-19-6-7-20-11-8(3-5-10(17)18)2-4-9(16-11)12(13,14)15/h2-5H,6-7H2,1H3,(H,17,18). The van der Waals surface area contributed by atoms with Crippen molar-refractivity contribution in [3.05, 3.63) is 29.5 Å². The Morgan fingerprint density at radius 3 is 2.65 bits per heavy atom. The van der Waals surface area contributed by atoms with Crippen molar-refractivity contribution >= 4 is 12.0 Å². The lowest BCUT2D eigenvalue weighted by atomic mass is 10.2. The van der Waals surface area contributed by atoms with E-state index in [0.29, 0.717) is 0 Å². The number of aliphatic carboxylic acids is 1. The predicted molar refractivity (Wildman–Crippen MR) is 63.3 cm³/mol. The average molecular weight is 291 g/mol. The van der Waals surface area contributed by atoms with Gasteiger partial charge in [-0.25, -0.2) is 9.78 Å². The number of rotatable bonds is 6. The Balaban J connectivity index is 3.06. The van der Waals surface area contributed by atoms with Crippen LogP contribution in [0.15, 0.2) is 18.2 Å². The van der Waals surface area contributed by atoms with Crippen molar-refractivity contribution in [2.24, 2.45) is 0 Å². The van der Waals surface area contributed by atoms with Crippen molar-refractivity contribution in [3.8, 4) is 5.88 Å². The molecule has 0 aliphatic rings. The number of alkyl halides is 3. The fourth-order valence-corrected chi connectivity index (χ4v) is 1.23. The van der Waals surface area contributed by atoms with Crippen LogP contribution >= 0.6 is 0 Å². The Morgan fingerprint density at radius 1 is 1.40 bits per heavy atom. The molecule has 110 valence electrons. The van der Waals surface area contributed by atoms with Crippen molar-refractivity contribution in [3.63, 3.8) is 0 Å². The maximum absolute atomic E-state index is 12.5. The second-order valence-corrected chi connectivity index (χ2v) is 3.60. The van der Waals surface area contributed by atoms with Gasteiger partial charge in [-0.3, -0.25) is 0 Å². The molecule has 0 fully saturated rings. The molecule has 8 heteroatoms. The first-order chi connectivity index (χ1) is 9.34. The summed E-state index contributed by atoms with van der Waals surface area (Å²) >= 11 is 0. The highest BCUT2D eigenvalue weighted by molar-refractivity contribution is 5.85. The zero-order valence-electron chi connectivity index (χ0n) is 10.5. The number of carbonyl (C=O) groups is 1. The van der Waals surface area contributed by atoms with Gasteiger partial charge in [0.1, 0.15) is 12.3 Å². The fourth-order valence-electron chi connectivity index (χ4n) is 1.23. The van der Waals surface area contributed by atoms with E-state index in [2.05, 4.69) is 4.98 Å². The molecule has 20 heavy (non-hydrogen) atoms. The van der Waals surface area contributed by atoms with E-state index in [9.17, 15) is 18.0 Å². The monoisotopic (exact) mass is 291 g/mol. The summed E-state index contributed by atoms with van der Waals surface area (Å²) < 4.78 is 47.4. The maximum Gasteiger partial charge on any atom is 0.433 e. The smallest absolute Gasteiger partial charge is 0.433 e. The highest BCUT2D eigenvalue weighted by Crippen LogP contribution is 2.30. The third kappa shape index (κ3) is 4.88. The SMILES string of the molecule is COCCOc1nc(C(F)(F)F)ccc1C=CC(=O)O. The average Bonchev–Trinajstić information content (AvgIpc) is 2.36. The van der Waals surface area contributed by atoms with E-state index in [-0.39, 0.29) is 24.7 Å². The Kier molecular flexibility index (Phi) is 5.51. The number of nitrogens with zero attached hydrogens (tertiary/aromatic N) is 1. The number of carboxylic acids is 1. The summed E-state index contributed by atoms with van der Waals surface area (Å²) in [5.74, 6) is -1.53. The minimum Gasteiger partial charge on any atom is -0.478 e. The van der Waals surface area contributed by atoms with Gasteiger partial charge in [-0.1, -0.05) is 0 Å². The van der Waals surface area contributed by atoms with Crippen LogP contribution in [0.2, 0.25) is 0 Å². The number of ether oxygens (including phenoxy) is 2. The van der Waals surface area contributed by atoms with Gasteiger partial charge in [-0.05, 0) is 18.2 Å². The molecule has 1 heterocycles. The van der Waals surface area contributed by atoms with Crippen LogP contribution in [-0.4, -0.2) is 36.4 Å². The Morgan fingerprint density at radius 2 is 2.10 bits per heavy atom. The Labute approximate surface area is 112 Å². The van der Waals surface area contributed by atoms with Crippen LogP contribution in [0.1, 0.15) is 11.3 Å². The first kappa shape index (κ1) is 16.0. The second kappa shape index (κ2) is 6.90. The van der Waals surface area contributed by atoms with Gasteiger partial charge in [0.05, 0.1) is 6.61 Å². The highest BCUT2D eigenvalue weighted by atomic mass is 19.4. The van der Waals surface area contributed by atoms with Crippen LogP contribution in [0.5, 0.6) is 5.88 Å². The largest absolute Gasteiger partial charge is 0.478 e. The molecule has 0 saturated heterocycles. The topological polar surface area (TPSA) is 68.7 Å². The van der Waals surface area contributed by atoms with E-state index in [4.69, 9.17) is 14.6 Å². The van der Waals surface area contributed by atoms with E-state index in [1.165, 1.54) is 7.11 Å². The maximum atomic E-state index is 12.5. The van der Waals surface area contributed by atoms with Crippen LogP contribution in [-0.2, 0) is 15.7 Å². The van der Waals surface area contributed by atoms with Gasteiger partial charge in [0.2, 0.25) is 5.88 Å². The summed E-state index contributed by atoms with van der Waals surface area (Å²) in [5.41, 5.74) is -0.978. The molecule has 1 rings (SSSR count). The molecular formula is C12H12F3NO4. The van der Waals surface area contributed by atoms with Crippen molar-refractivity contribution < 1.29 is 32.5 Å². The van der Waals surface area contributed by atoms with Gasteiger partial charge in [0.15, 0.2) is 0 Å². The second-order valence-electron chi connectivity index (χ2n) is 3.60. The summed E-state index contributed by atoms with van der Waals surface area (Å²) in [6.45, 7) is 0.165. The van der Waals surface area contributed by atoms with Crippen molar-refractivity contribution in [2.45, 2.75) is 6.18 Å². The molecule has 0 spiro atoms. The van der Waals surface area contributed by atoms with Crippen molar-refractivity contribution in [1.82, 2.24) is 4.98 Å². The van der Waals surface area contributed by atoms with Gasteiger partial charge in [-0.2, -0.15) is 13.2 Å². The molecule has 0 bridgehead atoms. The normalized spacial score (nSPS) is 11.8. The molecule has 5 nitrogen and oxygen atoms in total. The lowest BCUT2D eigenvalue weighted by molar-refractivity contribution is -0.141. The van der Waals surface area contributed by atoms with Gasteiger partial charge in [0, 0.05) is 18.7 Å². The molecule has 0 radical (unpaired) electrons.